The van der Waals surface area contributed by atoms with Crippen LogP contribution in [0.4, 0.5) is 0 Å². The molecule has 1 saturated heterocycles. The molecule has 1 heterocycles. The number of ether oxygens (including phenoxy) is 1. The lowest BCUT2D eigenvalue weighted by atomic mass is 10.1. The summed E-state index contributed by atoms with van der Waals surface area (Å²) in [7, 11) is 0. The zero-order chi connectivity index (χ0) is 9.68. The van der Waals surface area contributed by atoms with E-state index in [4.69, 9.17) is 0 Å². The largest absolute Gasteiger partial charge is 0.393 e. The van der Waals surface area contributed by atoms with Crippen LogP contribution < -0.4 is 0 Å². The van der Waals surface area contributed by atoms with E-state index in [1.165, 1.54) is 0 Å². The van der Waals surface area contributed by atoms with Crippen LogP contribution in [0.15, 0.2) is 37.0 Å². The van der Waals surface area contributed by atoms with Crippen molar-refractivity contribution in [2.45, 2.75) is 6.42 Å². The highest BCUT2D eigenvalue weighted by molar-refractivity contribution is 5.95. The lowest BCUT2D eigenvalue weighted by Gasteiger charge is -1.91. The summed E-state index contributed by atoms with van der Waals surface area (Å²) in [5.74, 6) is -1.33. The number of carbonyl (C=O) groups excluding carboxylic acids is 2. The fourth-order valence-electron chi connectivity index (χ4n) is 0.980. The Morgan fingerprint density at radius 2 is 2.08 bits per heavy atom. The summed E-state index contributed by atoms with van der Waals surface area (Å²) in [5.41, 5.74) is 0. The van der Waals surface area contributed by atoms with Crippen molar-refractivity contribution in [1.82, 2.24) is 0 Å². The van der Waals surface area contributed by atoms with E-state index in [-0.39, 0.29) is 6.42 Å². The lowest BCUT2D eigenvalue weighted by molar-refractivity contribution is -0.152. The average molecular weight is 178 g/mol. The highest BCUT2D eigenvalue weighted by Gasteiger charge is 2.30. The molecule has 0 saturated carbocycles. The van der Waals surface area contributed by atoms with Gasteiger partial charge in [0.1, 0.15) is 0 Å². The fraction of sp³-hybridized carbons (Fsp3) is 0.200. The van der Waals surface area contributed by atoms with Crippen LogP contribution in [-0.2, 0) is 14.3 Å². The third kappa shape index (κ3) is 2.71. The zero-order valence-electron chi connectivity index (χ0n) is 7.10. The van der Waals surface area contributed by atoms with E-state index in [1.807, 2.05) is 0 Å². The summed E-state index contributed by atoms with van der Waals surface area (Å²) < 4.78 is 4.36. The molecule has 1 aliphatic heterocycles. The molecule has 0 aromatic carbocycles. The maximum atomic E-state index is 10.9. The van der Waals surface area contributed by atoms with Crippen molar-refractivity contribution in [1.29, 1.82) is 0 Å². The standard InChI is InChI=1S/C10H10O3/c1-2-3-4-5-6-8-7-9(11)13-10(8)12/h2-6,8H,1,7H2/b4-3+,6-5+. The van der Waals surface area contributed by atoms with Crippen LogP contribution in [0, 0.1) is 5.92 Å². The Bertz CT molecular complexity index is 287. The van der Waals surface area contributed by atoms with Crippen molar-refractivity contribution in [3.63, 3.8) is 0 Å². The Kier molecular flexibility index (Phi) is 3.20. The maximum Gasteiger partial charge on any atom is 0.321 e. The third-order valence-electron chi connectivity index (χ3n) is 1.61. The number of hydrogen-bond acceptors (Lipinski definition) is 3. The number of allylic oxidation sites excluding steroid dienone is 4. The molecule has 0 aromatic rings. The molecule has 1 rings (SSSR count). The van der Waals surface area contributed by atoms with Crippen molar-refractivity contribution in [3.05, 3.63) is 37.0 Å². The molecule has 0 aromatic heterocycles. The van der Waals surface area contributed by atoms with Crippen molar-refractivity contribution in [3.8, 4) is 0 Å². The van der Waals surface area contributed by atoms with E-state index in [2.05, 4.69) is 11.3 Å². The van der Waals surface area contributed by atoms with E-state index < -0.39 is 17.9 Å². The monoisotopic (exact) mass is 178 g/mol. The second-order valence-corrected chi connectivity index (χ2v) is 2.61. The van der Waals surface area contributed by atoms with Crippen LogP contribution >= 0.6 is 0 Å². The van der Waals surface area contributed by atoms with Gasteiger partial charge in [0.15, 0.2) is 0 Å². The van der Waals surface area contributed by atoms with Crippen LogP contribution in [0.5, 0.6) is 0 Å². The second-order valence-electron chi connectivity index (χ2n) is 2.61. The van der Waals surface area contributed by atoms with E-state index in [0.29, 0.717) is 0 Å². The van der Waals surface area contributed by atoms with E-state index in [1.54, 1.807) is 30.4 Å². The predicted octanol–water partition coefficient (Wildman–Crippen LogP) is 1.37. The molecule has 1 fully saturated rings. The minimum Gasteiger partial charge on any atom is -0.393 e. The van der Waals surface area contributed by atoms with Crippen molar-refractivity contribution >= 4 is 11.9 Å². The van der Waals surface area contributed by atoms with Crippen LogP contribution in [0.3, 0.4) is 0 Å². The zero-order valence-corrected chi connectivity index (χ0v) is 7.10. The van der Waals surface area contributed by atoms with Crippen molar-refractivity contribution < 1.29 is 14.3 Å². The topological polar surface area (TPSA) is 43.4 Å². The van der Waals surface area contributed by atoms with Gasteiger partial charge in [0, 0.05) is 0 Å². The van der Waals surface area contributed by atoms with Crippen molar-refractivity contribution in [2.24, 2.45) is 5.92 Å². The first kappa shape index (κ1) is 9.45. The minimum absolute atomic E-state index is 0.150. The third-order valence-corrected chi connectivity index (χ3v) is 1.61. The molecule has 13 heavy (non-hydrogen) atoms. The van der Waals surface area contributed by atoms with Crippen molar-refractivity contribution in [2.75, 3.05) is 0 Å². The van der Waals surface area contributed by atoms with Gasteiger partial charge in [-0.2, -0.15) is 0 Å². The van der Waals surface area contributed by atoms with Crippen LogP contribution in [0.25, 0.3) is 0 Å². The summed E-state index contributed by atoms with van der Waals surface area (Å²) in [4.78, 5) is 21.6. The van der Waals surface area contributed by atoms with Crippen LogP contribution in [0.2, 0.25) is 0 Å². The molecule has 0 aliphatic carbocycles. The van der Waals surface area contributed by atoms with Gasteiger partial charge in [-0.25, -0.2) is 0 Å². The number of carbonyl (C=O) groups is 2. The fourth-order valence-corrected chi connectivity index (χ4v) is 0.980. The summed E-state index contributed by atoms with van der Waals surface area (Å²) in [6.07, 6.45) is 8.60. The SMILES string of the molecule is C=C/C=C/C=C/C1CC(=O)OC1=O. The molecular formula is C10H10O3. The first-order chi connectivity index (χ1) is 6.24. The first-order valence-electron chi connectivity index (χ1n) is 3.94. The molecule has 3 nitrogen and oxygen atoms in total. The van der Waals surface area contributed by atoms with Crippen LogP contribution in [0.1, 0.15) is 6.42 Å². The molecule has 0 spiro atoms. The Hall–Kier alpha value is -1.64. The molecule has 68 valence electrons. The first-order valence-corrected chi connectivity index (χ1v) is 3.94. The molecule has 1 unspecified atom stereocenters. The lowest BCUT2D eigenvalue weighted by Crippen LogP contribution is -2.03. The summed E-state index contributed by atoms with van der Waals surface area (Å²) in [5, 5.41) is 0. The molecule has 0 bridgehead atoms. The van der Waals surface area contributed by atoms with E-state index in [0.717, 1.165) is 0 Å². The smallest absolute Gasteiger partial charge is 0.321 e. The predicted molar refractivity (Wildman–Crippen MR) is 47.7 cm³/mol. The van der Waals surface area contributed by atoms with Gasteiger partial charge in [0.2, 0.25) is 0 Å². The molecule has 3 heteroatoms. The van der Waals surface area contributed by atoms with Gasteiger partial charge >= 0.3 is 11.9 Å². The summed E-state index contributed by atoms with van der Waals surface area (Å²) in [6.45, 7) is 3.49. The Morgan fingerprint density at radius 1 is 1.31 bits per heavy atom. The highest BCUT2D eigenvalue weighted by Crippen LogP contribution is 2.16. The average Bonchev–Trinajstić information content (AvgIpc) is 2.39. The van der Waals surface area contributed by atoms with Gasteiger partial charge in [0.05, 0.1) is 12.3 Å². The van der Waals surface area contributed by atoms with Gasteiger partial charge in [-0.15, -0.1) is 0 Å². The Labute approximate surface area is 76.4 Å². The van der Waals surface area contributed by atoms with Gasteiger partial charge in [-0.05, 0) is 0 Å². The van der Waals surface area contributed by atoms with Gasteiger partial charge in [-0.3, -0.25) is 9.59 Å². The minimum atomic E-state index is -0.465. The number of esters is 2. The van der Waals surface area contributed by atoms with Gasteiger partial charge in [0.25, 0.3) is 0 Å². The summed E-state index contributed by atoms with van der Waals surface area (Å²) in [6, 6.07) is 0. The Balaban J connectivity index is 2.50. The molecule has 0 N–H and O–H groups in total. The molecule has 1 atom stereocenters. The highest BCUT2D eigenvalue weighted by atomic mass is 16.6. The van der Waals surface area contributed by atoms with Crippen LogP contribution in [-0.4, -0.2) is 11.9 Å². The van der Waals surface area contributed by atoms with Gasteiger partial charge in [-0.1, -0.05) is 37.0 Å². The molecule has 0 radical (unpaired) electrons. The molecular weight excluding hydrogens is 168 g/mol. The number of hydrogen-bond donors (Lipinski definition) is 0. The number of rotatable bonds is 3. The summed E-state index contributed by atoms with van der Waals surface area (Å²) >= 11 is 0. The number of cyclic esters (lactones) is 2. The van der Waals surface area contributed by atoms with E-state index >= 15 is 0 Å². The normalized spacial score (nSPS) is 22.9. The quantitative estimate of drug-likeness (QED) is 0.372. The van der Waals surface area contributed by atoms with Gasteiger partial charge < -0.3 is 4.74 Å². The maximum absolute atomic E-state index is 10.9. The second kappa shape index (κ2) is 4.40. The van der Waals surface area contributed by atoms with E-state index in [9.17, 15) is 9.59 Å². The Morgan fingerprint density at radius 3 is 2.62 bits per heavy atom. The molecule has 1 aliphatic rings. The molecule has 0 amide bonds.